The fourth-order valence-electron chi connectivity index (χ4n) is 2.08. The molecule has 4 heteroatoms. The molecule has 1 aromatic carbocycles. The molecule has 0 atom stereocenters. The summed E-state index contributed by atoms with van der Waals surface area (Å²) in [5, 5.41) is 0.527. The molecule has 0 aliphatic rings. The SMILES string of the molecule is Cc1ccc(OCC(=O)c2cc(C)n(C)c2C)c(Cl)c1. The maximum absolute atomic E-state index is 12.2. The van der Waals surface area contributed by atoms with Crippen LogP contribution < -0.4 is 4.74 Å². The monoisotopic (exact) mass is 291 g/mol. The number of hydrogen-bond donors (Lipinski definition) is 0. The molecule has 0 spiro atoms. The van der Waals surface area contributed by atoms with Gasteiger partial charge < -0.3 is 9.30 Å². The Kier molecular flexibility index (Phi) is 4.19. The summed E-state index contributed by atoms with van der Waals surface area (Å²) >= 11 is 6.08. The fourth-order valence-corrected chi connectivity index (χ4v) is 2.37. The van der Waals surface area contributed by atoms with Gasteiger partial charge in [-0.3, -0.25) is 4.79 Å². The van der Waals surface area contributed by atoms with Gasteiger partial charge in [-0.25, -0.2) is 0 Å². The lowest BCUT2D eigenvalue weighted by Gasteiger charge is -2.08. The molecule has 106 valence electrons. The van der Waals surface area contributed by atoms with Crippen molar-refractivity contribution in [2.24, 2.45) is 7.05 Å². The first-order valence-corrected chi connectivity index (χ1v) is 6.83. The zero-order chi connectivity index (χ0) is 14.9. The summed E-state index contributed by atoms with van der Waals surface area (Å²) < 4.78 is 7.51. The number of rotatable bonds is 4. The van der Waals surface area contributed by atoms with E-state index in [1.807, 2.05) is 50.6 Å². The molecule has 3 nitrogen and oxygen atoms in total. The number of carbonyl (C=O) groups excluding carboxylic acids is 1. The van der Waals surface area contributed by atoms with E-state index in [-0.39, 0.29) is 12.4 Å². The molecule has 0 saturated heterocycles. The highest BCUT2D eigenvalue weighted by atomic mass is 35.5. The second-order valence-corrected chi connectivity index (χ2v) is 5.40. The number of nitrogens with zero attached hydrogens (tertiary/aromatic N) is 1. The molecule has 2 aromatic rings. The van der Waals surface area contributed by atoms with Crippen LogP contribution in [0.15, 0.2) is 24.3 Å². The zero-order valence-electron chi connectivity index (χ0n) is 12.2. The van der Waals surface area contributed by atoms with Gasteiger partial charge in [-0.1, -0.05) is 17.7 Å². The highest BCUT2D eigenvalue weighted by Gasteiger charge is 2.15. The lowest BCUT2D eigenvalue weighted by atomic mass is 10.1. The molecule has 0 fully saturated rings. The number of ether oxygens (including phenoxy) is 1. The highest BCUT2D eigenvalue weighted by molar-refractivity contribution is 6.32. The zero-order valence-corrected chi connectivity index (χ0v) is 12.9. The number of Topliss-reactive ketones (excluding diaryl/α,β-unsaturated/α-hetero) is 1. The average molecular weight is 292 g/mol. The standard InChI is InChI=1S/C16H18ClNO2/c1-10-5-6-16(14(17)7-10)20-9-15(19)13-8-11(2)18(4)12(13)3/h5-8H,9H2,1-4H3. The molecule has 0 aliphatic heterocycles. The van der Waals surface area contributed by atoms with Crippen LogP contribution in [0.4, 0.5) is 0 Å². The minimum absolute atomic E-state index is 0.00687. The van der Waals surface area contributed by atoms with Crippen LogP contribution in [0.5, 0.6) is 5.75 Å². The molecule has 0 aliphatic carbocycles. The number of hydrogen-bond acceptors (Lipinski definition) is 2. The van der Waals surface area contributed by atoms with E-state index in [0.717, 1.165) is 17.0 Å². The predicted molar refractivity (Wildman–Crippen MR) is 80.9 cm³/mol. The summed E-state index contributed by atoms with van der Waals surface area (Å²) in [4.78, 5) is 12.2. The molecule has 0 bridgehead atoms. The van der Waals surface area contributed by atoms with Crippen LogP contribution >= 0.6 is 11.6 Å². The van der Waals surface area contributed by atoms with Crippen molar-refractivity contribution in [3.8, 4) is 5.75 Å². The van der Waals surface area contributed by atoms with E-state index < -0.39 is 0 Å². The van der Waals surface area contributed by atoms with E-state index in [4.69, 9.17) is 16.3 Å². The molecule has 1 aromatic heterocycles. The van der Waals surface area contributed by atoms with E-state index in [1.54, 1.807) is 6.07 Å². The van der Waals surface area contributed by atoms with E-state index in [1.165, 1.54) is 0 Å². The Bertz CT molecular complexity index is 659. The van der Waals surface area contributed by atoms with Crippen LogP contribution in [0.3, 0.4) is 0 Å². The minimum atomic E-state index is -0.0390. The van der Waals surface area contributed by atoms with Gasteiger partial charge in [0.15, 0.2) is 6.61 Å². The van der Waals surface area contributed by atoms with Crippen molar-refractivity contribution in [3.63, 3.8) is 0 Å². The van der Waals surface area contributed by atoms with Gasteiger partial charge in [0.1, 0.15) is 5.75 Å². The summed E-state index contributed by atoms with van der Waals surface area (Å²) in [5.74, 6) is 0.499. The maximum Gasteiger partial charge on any atom is 0.202 e. The molecule has 0 unspecified atom stereocenters. The predicted octanol–water partition coefficient (Wildman–Crippen LogP) is 3.87. The third kappa shape index (κ3) is 2.88. The lowest BCUT2D eigenvalue weighted by Crippen LogP contribution is -2.12. The van der Waals surface area contributed by atoms with Gasteiger partial charge in [0.2, 0.25) is 5.78 Å². The van der Waals surface area contributed by atoms with Crippen LogP contribution in [0.2, 0.25) is 5.02 Å². The van der Waals surface area contributed by atoms with E-state index in [0.29, 0.717) is 16.3 Å². The van der Waals surface area contributed by atoms with Crippen LogP contribution in [-0.2, 0) is 7.05 Å². The molecule has 0 amide bonds. The molecular formula is C16H18ClNO2. The number of benzene rings is 1. The van der Waals surface area contributed by atoms with Gasteiger partial charge in [0.25, 0.3) is 0 Å². The number of aromatic nitrogens is 1. The van der Waals surface area contributed by atoms with Gasteiger partial charge >= 0.3 is 0 Å². The van der Waals surface area contributed by atoms with E-state index >= 15 is 0 Å². The second-order valence-electron chi connectivity index (χ2n) is 4.99. The van der Waals surface area contributed by atoms with Crippen molar-refractivity contribution in [3.05, 3.63) is 51.8 Å². The highest BCUT2D eigenvalue weighted by Crippen LogP contribution is 2.25. The molecular weight excluding hydrogens is 274 g/mol. The molecule has 20 heavy (non-hydrogen) atoms. The van der Waals surface area contributed by atoms with Crippen LogP contribution in [-0.4, -0.2) is 17.0 Å². The van der Waals surface area contributed by atoms with Crippen molar-refractivity contribution in [2.75, 3.05) is 6.61 Å². The molecule has 0 saturated carbocycles. The smallest absolute Gasteiger partial charge is 0.202 e. The second kappa shape index (κ2) is 5.71. The van der Waals surface area contributed by atoms with E-state index in [9.17, 15) is 4.79 Å². The van der Waals surface area contributed by atoms with Gasteiger partial charge in [0.05, 0.1) is 5.02 Å². The Balaban J connectivity index is 2.10. The Morgan fingerprint density at radius 1 is 1.25 bits per heavy atom. The van der Waals surface area contributed by atoms with Crippen molar-refractivity contribution >= 4 is 17.4 Å². The van der Waals surface area contributed by atoms with Crippen molar-refractivity contribution < 1.29 is 9.53 Å². The molecule has 2 rings (SSSR count). The van der Waals surface area contributed by atoms with Crippen molar-refractivity contribution in [1.29, 1.82) is 0 Å². The summed E-state index contributed by atoms with van der Waals surface area (Å²) in [7, 11) is 1.94. The van der Waals surface area contributed by atoms with Crippen LogP contribution in [0, 0.1) is 20.8 Å². The Hall–Kier alpha value is -1.74. The Labute approximate surface area is 124 Å². The van der Waals surface area contributed by atoms with Gasteiger partial charge in [0, 0.05) is 24.0 Å². The molecule has 0 N–H and O–H groups in total. The first-order chi connectivity index (χ1) is 9.40. The van der Waals surface area contributed by atoms with E-state index in [2.05, 4.69) is 0 Å². The topological polar surface area (TPSA) is 31.2 Å². The number of ketones is 1. The van der Waals surface area contributed by atoms with Crippen molar-refractivity contribution in [1.82, 2.24) is 4.57 Å². The Morgan fingerprint density at radius 2 is 1.95 bits per heavy atom. The van der Waals surface area contributed by atoms with Crippen molar-refractivity contribution in [2.45, 2.75) is 20.8 Å². The first-order valence-electron chi connectivity index (χ1n) is 6.45. The third-order valence-electron chi connectivity index (χ3n) is 3.52. The molecule has 0 radical (unpaired) electrons. The first kappa shape index (κ1) is 14.7. The summed E-state index contributed by atoms with van der Waals surface area (Å²) in [5.41, 5.74) is 3.77. The quantitative estimate of drug-likeness (QED) is 0.801. The minimum Gasteiger partial charge on any atom is -0.484 e. The van der Waals surface area contributed by atoms with Gasteiger partial charge in [-0.2, -0.15) is 0 Å². The number of aryl methyl sites for hydroxylation is 2. The summed E-state index contributed by atoms with van der Waals surface area (Å²) in [6.07, 6.45) is 0. The summed E-state index contributed by atoms with van der Waals surface area (Å²) in [6.45, 7) is 5.85. The van der Waals surface area contributed by atoms with Gasteiger partial charge in [-0.15, -0.1) is 0 Å². The van der Waals surface area contributed by atoms with Crippen LogP contribution in [0.1, 0.15) is 27.3 Å². The fraction of sp³-hybridized carbons (Fsp3) is 0.312. The average Bonchev–Trinajstić information content (AvgIpc) is 2.65. The lowest BCUT2D eigenvalue weighted by molar-refractivity contribution is 0.0921. The van der Waals surface area contributed by atoms with Crippen LogP contribution in [0.25, 0.3) is 0 Å². The number of carbonyl (C=O) groups is 1. The Morgan fingerprint density at radius 3 is 2.50 bits per heavy atom. The molecule has 1 heterocycles. The largest absolute Gasteiger partial charge is 0.484 e. The third-order valence-corrected chi connectivity index (χ3v) is 3.82. The summed E-state index contributed by atoms with van der Waals surface area (Å²) in [6, 6.07) is 7.40. The normalized spacial score (nSPS) is 10.7. The van der Waals surface area contributed by atoms with Gasteiger partial charge in [-0.05, 0) is 44.5 Å². The number of halogens is 1. The maximum atomic E-state index is 12.2.